The summed E-state index contributed by atoms with van der Waals surface area (Å²) in [4.78, 5) is 27.9. The normalized spacial score (nSPS) is 16.1. The first-order chi connectivity index (χ1) is 15.3. The molecule has 3 rings (SSSR count). The number of hydrogen-bond acceptors (Lipinski definition) is 5. The standard InChI is InChI=1S/C24H27N3O3S2/c1-15(2)30-23(29)21-16(3)27(4)24(31)26-22(21)17-10-12-18(13-11-17)25-20(28)14-32-19-8-6-5-7-9-19/h5-13,15,22H,14H2,1-4H3,(H,25,28)(H,26,31)/t22-/m1/s1. The lowest BCUT2D eigenvalue weighted by molar-refractivity contribution is -0.143. The number of allylic oxidation sites excluding steroid dienone is 1. The Morgan fingerprint density at radius 2 is 1.81 bits per heavy atom. The first-order valence-corrected chi connectivity index (χ1v) is 11.7. The molecule has 0 saturated carbocycles. The highest BCUT2D eigenvalue weighted by atomic mass is 32.2. The maximum Gasteiger partial charge on any atom is 0.338 e. The second-order valence-electron chi connectivity index (χ2n) is 7.67. The number of anilines is 1. The zero-order valence-electron chi connectivity index (χ0n) is 18.5. The predicted molar refractivity (Wildman–Crippen MR) is 132 cm³/mol. The van der Waals surface area contributed by atoms with E-state index < -0.39 is 6.04 Å². The van der Waals surface area contributed by atoms with E-state index in [0.717, 1.165) is 16.2 Å². The lowest BCUT2D eigenvalue weighted by Crippen LogP contribution is -2.46. The van der Waals surface area contributed by atoms with E-state index in [4.69, 9.17) is 17.0 Å². The summed E-state index contributed by atoms with van der Waals surface area (Å²) in [5.74, 6) is -0.134. The van der Waals surface area contributed by atoms with Crippen LogP contribution in [0.3, 0.4) is 0 Å². The molecule has 0 fully saturated rings. The average Bonchev–Trinajstić information content (AvgIpc) is 2.76. The molecule has 1 amide bonds. The Morgan fingerprint density at radius 3 is 2.44 bits per heavy atom. The minimum absolute atomic E-state index is 0.0814. The minimum Gasteiger partial charge on any atom is -0.459 e. The fraction of sp³-hybridized carbons (Fsp3) is 0.292. The SMILES string of the molecule is CC1=C(C(=O)OC(C)C)[C@@H](c2ccc(NC(=O)CSc3ccccc3)cc2)NC(=S)N1C. The van der Waals surface area contributed by atoms with Gasteiger partial charge in [-0.2, -0.15) is 0 Å². The number of benzene rings is 2. The van der Waals surface area contributed by atoms with Crippen LogP contribution < -0.4 is 10.6 Å². The molecular weight excluding hydrogens is 442 g/mol. The number of thiocarbonyl (C=S) groups is 1. The van der Waals surface area contributed by atoms with Crippen LogP contribution >= 0.6 is 24.0 Å². The second-order valence-corrected chi connectivity index (χ2v) is 9.10. The molecule has 1 aliphatic heterocycles. The molecule has 0 spiro atoms. The molecule has 1 heterocycles. The van der Waals surface area contributed by atoms with Crippen molar-refractivity contribution in [3.8, 4) is 0 Å². The van der Waals surface area contributed by atoms with Gasteiger partial charge in [0.1, 0.15) is 0 Å². The number of hydrogen-bond donors (Lipinski definition) is 2. The number of esters is 1. The molecule has 32 heavy (non-hydrogen) atoms. The number of rotatable bonds is 7. The van der Waals surface area contributed by atoms with E-state index in [9.17, 15) is 9.59 Å². The summed E-state index contributed by atoms with van der Waals surface area (Å²) < 4.78 is 5.47. The molecule has 1 atom stereocenters. The Labute approximate surface area is 198 Å². The molecule has 0 unspecified atom stereocenters. The van der Waals surface area contributed by atoms with Gasteiger partial charge in [-0.3, -0.25) is 4.79 Å². The predicted octanol–water partition coefficient (Wildman–Crippen LogP) is 4.50. The highest BCUT2D eigenvalue weighted by Gasteiger charge is 2.33. The lowest BCUT2D eigenvalue weighted by atomic mass is 9.95. The van der Waals surface area contributed by atoms with Crippen LogP contribution in [0.25, 0.3) is 0 Å². The van der Waals surface area contributed by atoms with Gasteiger partial charge in [-0.25, -0.2) is 4.79 Å². The van der Waals surface area contributed by atoms with Gasteiger partial charge in [0.2, 0.25) is 5.91 Å². The minimum atomic E-state index is -0.427. The van der Waals surface area contributed by atoms with Crippen molar-refractivity contribution < 1.29 is 14.3 Å². The van der Waals surface area contributed by atoms with Crippen LogP contribution in [0.2, 0.25) is 0 Å². The fourth-order valence-electron chi connectivity index (χ4n) is 3.25. The molecule has 2 aromatic rings. The summed E-state index contributed by atoms with van der Waals surface area (Å²) in [7, 11) is 1.82. The first-order valence-electron chi connectivity index (χ1n) is 10.3. The Bertz CT molecular complexity index is 1020. The zero-order chi connectivity index (χ0) is 23.3. The van der Waals surface area contributed by atoms with E-state index in [1.807, 2.05) is 82.4 Å². The molecule has 0 bridgehead atoms. The van der Waals surface area contributed by atoms with Crippen molar-refractivity contribution in [2.24, 2.45) is 0 Å². The molecule has 0 aliphatic carbocycles. The number of nitrogens with zero attached hydrogens (tertiary/aromatic N) is 1. The summed E-state index contributed by atoms with van der Waals surface area (Å²) in [5, 5.41) is 6.66. The monoisotopic (exact) mass is 469 g/mol. The van der Waals surface area contributed by atoms with Crippen LogP contribution in [0.4, 0.5) is 5.69 Å². The van der Waals surface area contributed by atoms with E-state index in [1.54, 1.807) is 4.90 Å². The summed E-state index contributed by atoms with van der Waals surface area (Å²) in [6.07, 6.45) is -0.228. The summed E-state index contributed by atoms with van der Waals surface area (Å²) in [6, 6.07) is 16.8. The van der Waals surface area contributed by atoms with Gasteiger partial charge in [-0.05, 0) is 62.8 Å². The smallest absolute Gasteiger partial charge is 0.338 e. The van der Waals surface area contributed by atoms with E-state index in [-0.39, 0.29) is 18.0 Å². The molecule has 8 heteroatoms. The van der Waals surface area contributed by atoms with Gasteiger partial charge >= 0.3 is 5.97 Å². The Kier molecular flexibility index (Phi) is 7.93. The number of amides is 1. The quantitative estimate of drug-likeness (QED) is 0.351. The van der Waals surface area contributed by atoms with E-state index in [1.165, 1.54) is 11.8 Å². The fourth-order valence-corrected chi connectivity index (χ4v) is 4.22. The molecule has 0 aromatic heterocycles. The molecular formula is C24H27N3O3S2. The topological polar surface area (TPSA) is 70.7 Å². The lowest BCUT2D eigenvalue weighted by Gasteiger charge is -2.35. The van der Waals surface area contributed by atoms with Crippen molar-refractivity contribution in [3.05, 3.63) is 71.4 Å². The third kappa shape index (κ3) is 5.89. The molecule has 6 nitrogen and oxygen atoms in total. The summed E-state index contributed by atoms with van der Waals surface area (Å²) in [6.45, 7) is 5.50. The average molecular weight is 470 g/mol. The van der Waals surface area contributed by atoms with Crippen LogP contribution in [0.5, 0.6) is 0 Å². The van der Waals surface area contributed by atoms with Crippen molar-refractivity contribution in [2.45, 2.75) is 37.8 Å². The Hall–Kier alpha value is -2.84. The van der Waals surface area contributed by atoms with Crippen molar-refractivity contribution in [3.63, 3.8) is 0 Å². The zero-order valence-corrected chi connectivity index (χ0v) is 20.2. The van der Waals surface area contributed by atoms with Gasteiger partial charge in [0, 0.05) is 23.3 Å². The maximum atomic E-state index is 12.8. The number of carbonyl (C=O) groups excluding carboxylic acids is 2. The van der Waals surface area contributed by atoms with Crippen LogP contribution in [-0.4, -0.2) is 40.8 Å². The molecule has 1 aliphatic rings. The van der Waals surface area contributed by atoms with Crippen LogP contribution in [0, 0.1) is 0 Å². The van der Waals surface area contributed by atoms with Gasteiger partial charge in [0.15, 0.2) is 5.11 Å². The number of nitrogens with one attached hydrogen (secondary N) is 2. The molecule has 2 N–H and O–H groups in total. The van der Waals surface area contributed by atoms with Crippen molar-refractivity contribution in [1.82, 2.24) is 10.2 Å². The van der Waals surface area contributed by atoms with Gasteiger partial charge < -0.3 is 20.3 Å². The molecule has 168 valence electrons. The largest absolute Gasteiger partial charge is 0.459 e. The van der Waals surface area contributed by atoms with Crippen molar-refractivity contribution in [1.29, 1.82) is 0 Å². The van der Waals surface area contributed by atoms with Gasteiger partial charge in [-0.15, -0.1) is 11.8 Å². The Balaban J connectivity index is 1.72. The highest BCUT2D eigenvalue weighted by molar-refractivity contribution is 8.00. The third-order valence-electron chi connectivity index (χ3n) is 4.96. The van der Waals surface area contributed by atoms with Crippen LogP contribution in [-0.2, 0) is 14.3 Å². The maximum absolute atomic E-state index is 12.8. The molecule has 0 radical (unpaired) electrons. The van der Waals surface area contributed by atoms with Crippen LogP contribution in [0.15, 0.2) is 70.8 Å². The van der Waals surface area contributed by atoms with E-state index in [2.05, 4.69) is 10.6 Å². The number of ether oxygens (including phenoxy) is 1. The Morgan fingerprint density at radius 1 is 1.16 bits per heavy atom. The number of carbonyl (C=O) groups is 2. The number of thioether (sulfide) groups is 1. The van der Waals surface area contributed by atoms with E-state index in [0.29, 0.717) is 22.1 Å². The van der Waals surface area contributed by atoms with Gasteiger partial charge in [0.25, 0.3) is 0 Å². The first kappa shape index (κ1) is 23.8. The molecule has 0 saturated heterocycles. The van der Waals surface area contributed by atoms with Gasteiger partial charge in [-0.1, -0.05) is 30.3 Å². The molecule has 2 aromatic carbocycles. The van der Waals surface area contributed by atoms with E-state index >= 15 is 0 Å². The summed E-state index contributed by atoms with van der Waals surface area (Å²) >= 11 is 6.92. The van der Waals surface area contributed by atoms with Crippen molar-refractivity contribution >= 4 is 46.7 Å². The van der Waals surface area contributed by atoms with Crippen LogP contribution in [0.1, 0.15) is 32.4 Å². The summed E-state index contributed by atoms with van der Waals surface area (Å²) in [5.41, 5.74) is 2.81. The van der Waals surface area contributed by atoms with Gasteiger partial charge in [0.05, 0.1) is 23.5 Å². The third-order valence-corrected chi connectivity index (χ3v) is 6.36. The second kappa shape index (κ2) is 10.7. The van der Waals surface area contributed by atoms with Crippen molar-refractivity contribution in [2.75, 3.05) is 18.1 Å². The highest BCUT2D eigenvalue weighted by Crippen LogP contribution is 2.31.